The van der Waals surface area contributed by atoms with Crippen LogP contribution >= 0.6 is 11.6 Å². The van der Waals surface area contributed by atoms with Crippen LogP contribution in [0.3, 0.4) is 0 Å². The third kappa shape index (κ3) is 3.61. The molecule has 1 saturated heterocycles. The van der Waals surface area contributed by atoms with Gasteiger partial charge in [0, 0.05) is 58.7 Å². The van der Waals surface area contributed by atoms with Crippen LogP contribution in [0.2, 0.25) is 5.02 Å². The molecule has 26 heavy (non-hydrogen) atoms. The van der Waals surface area contributed by atoms with E-state index in [9.17, 15) is 4.79 Å². The normalized spacial score (nSPS) is 29.5. The number of halogens is 1. The molecule has 1 aliphatic rings. The lowest BCUT2D eigenvalue weighted by atomic mass is 10.2. The Hall–Kier alpha value is -2.31. The molecule has 136 valence electrons. The number of nitrogens with zero attached hydrogens (tertiary/aromatic N) is 5. The second-order valence-electron chi connectivity index (χ2n) is 5.09. The van der Waals surface area contributed by atoms with Gasteiger partial charge in [0.25, 0.3) is 0 Å². The molecule has 3 aromatic rings. The minimum absolute atomic E-state index is 0.0236. The predicted octanol–water partition coefficient (Wildman–Crippen LogP) is 2.36. The van der Waals surface area contributed by atoms with Crippen LogP contribution in [0.25, 0.3) is 5.65 Å². The van der Waals surface area contributed by atoms with Crippen LogP contribution in [0.5, 0.6) is 0 Å². The molecule has 0 N–H and O–H groups in total. The second kappa shape index (κ2) is 7.51. The van der Waals surface area contributed by atoms with E-state index in [1.807, 2.05) is 0 Å². The summed E-state index contributed by atoms with van der Waals surface area (Å²) >= 11 is 5.94. The van der Waals surface area contributed by atoms with E-state index in [2.05, 4.69) is 5.10 Å². The third-order valence-electron chi connectivity index (χ3n) is 3.38. The fraction of sp³-hybridized carbons (Fsp3) is 0.368. The number of hydrogen-bond donors (Lipinski definition) is 0. The van der Waals surface area contributed by atoms with Gasteiger partial charge < -0.3 is 4.90 Å². The molecule has 1 aromatic carbocycles. The number of aromatic nitrogens is 3. The van der Waals surface area contributed by atoms with E-state index in [-0.39, 0.29) is 4.68 Å². The standard InChI is InChI=1S/C19H22ClN5O/c20-16-5-3-6-17(15-16)23-13-11-22(12-14-23)8-4-10-25-19(26)24-9-2-1-7-18(24)21-25/h1-3,5-7,9,15H,4,8,10-14H2/i1D,2D,3D,4D2,5D,6D,7D,9D,10D2,13D2,14D2,15D. The molecule has 0 spiro atoms. The number of piperazine rings is 1. The number of aryl methyl sites for hydroxylation is 1. The highest BCUT2D eigenvalue weighted by molar-refractivity contribution is 6.30. The van der Waals surface area contributed by atoms with Gasteiger partial charge in [-0.2, -0.15) is 0 Å². The lowest BCUT2D eigenvalue weighted by Crippen LogP contribution is -2.46. The first-order valence-electron chi connectivity index (χ1n) is 15.4. The number of benzene rings is 1. The molecule has 0 radical (unpaired) electrons. The molecular formula is C19H22ClN5O. The molecule has 4 rings (SSSR count). The first kappa shape index (κ1) is 6.69. The van der Waals surface area contributed by atoms with Gasteiger partial charge in [0.2, 0.25) is 0 Å². The Morgan fingerprint density at radius 1 is 1.23 bits per heavy atom. The zero-order valence-corrected chi connectivity index (χ0v) is 13.9. The lowest BCUT2D eigenvalue weighted by Gasteiger charge is -2.36. The van der Waals surface area contributed by atoms with Gasteiger partial charge >= 0.3 is 5.69 Å². The maximum Gasteiger partial charge on any atom is 0.350 e. The molecule has 0 aliphatic carbocycles. The van der Waals surface area contributed by atoms with Crippen LogP contribution in [0.4, 0.5) is 5.69 Å². The van der Waals surface area contributed by atoms with Crippen molar-refractivity contribution in [2.75, 3.05) is 37.5 Å². The van der Waals surface area contributed by atoms with Crippen molar-refractivity contribution in [2.24, 2.45) is 0 Å². The monoisotopic (exact) mass is 387 g/mol. The number of pyridine rings is 1. The quantitative estimate of drug-likeness (QED) is 0.674. The van der Waals surface area contributed by atoms with Crippen LogP contribution in [-0.4, -0.2) is 51.7 Å². The predicted molar refractivity (Wildman–Crippen MR) is 104 cm³/mol. The average molecular weight is 388 g/mol. The van der Waals surface area contributed by atoms with Crippen LogP contribution in [-0.2, 0) is 6.50 Å². The summed E-state index contributed by atoms with van der Waals surface area (Å²) in [7, 11) is 0. The molecule has 1 fully saturated rings. The third-order valence-corrected chi connectivity index (χ3v) is 3.57. The highest BCUT2D eigenvalue weighted by atomic mass is 35.5. The van der Waals surface area contributed by atoms with E-state index in [1.54, 1.807) is 0 Å². The Kier molecular flexibility index (Phi) is 1.93. The Morgan fingerprint density at radius 2 is 2.08 bits per heavy atom. The fourth-order valence-corrected chi connectivity index (χ4v) is 2.30. The maximum atomic E-state index is 13.0. The molecule has 1 aliphatic heterocycles. The van der Waals surface area contributed by atoms with Crippen molar-refractivity contribution in [1.82, 2.24) is 19.1 Å². The first-order valence-corrected chi connectivity index (χ1v) is 7.74. The number of anilines is 1. The molecule has 0 amide bonds. The average Bonchev–Trinajstić information content (AvgIpc) is 3.22. The van der Waals surface area contributed by atoms with Crippen molar-refractivity contribution in [3.63, 3.8) is 0 Å². The summed E-state index contributed by atoms with van der Waals surface area (Å²) in [6, 6.07) is -5.32. The van der Waals surface area contributed by atoms with Gasteiger partial charge in [0.05, 0.1) is 19.2 Å². The van der Waals surface area contributed by atoms with E-state index in [4.69, 9.17) is 33.5 Å². The number of hydrogen-bond acceptors (Lipinski definition) is 4. The SMILES string of the molecule is [2H]c1c([2H])c(Cl)c([2H])c(N2C([2H])([2H])CN(CC([2H])([2H])C([2H])([2H])n3nc4c([2H])c([2H])c([2H])c([2H])n4c3=O)CC2([2H])[2H])c1[2H]. The van der Waals surface area contributed by atoms with E-state index >= 15 is 0 Å². The summed E-state index contributed by atoms with van der Waals surface area (Å²) in [5, 5.41) is 3.04. The highest BCUT2D eigenvalue weighted by Crippen LogP contribution is 2.20. The van der Waals surface area contributed by atoms with Gasteiger partial charge in [-0.25, -0.2) is 9.48 Å². The van der Waals surface area contributed by atoms with E-state index in [0.717, 1.165) is 4.90 Å². The summed E-state index contributed by atoms with van der Waals surface area (Å²) in [5.74, 6) is 0. The topological polar surface area (TPSA) is 45.8 Å². The van der Waals surface area contributed by atoms with Crippen molar-refractivity contribution < 1.29 is 21.9 Å². The minimum Gasteiger partial charge on any atom is -0.369 e. The summed E-state index contributed by atoms with van der Waals surface area (Å²) in [6.45, 7) is -11.5. The van der Waals surface area contributed by atoms with E-state index in [0.29, 0.717) is 9.30 Å². The zero-order chi connectivity index (χ0) is 32.1. The fourth-order valence-electron chi connectivity index (χ4n) is 2.16. The molecule has 7 heteroatoms. The molecule has 0 atom stereocenters. The summed E-state index contributed by atoms with van der Waals surface area (Å²) in [5.41, 5.74) is -2.76. The molecule has 0 saturated carbocycles. The lowest BCUT2D eigenvalue weighted by molar-refractivity contribution is 0.248. The Balaban J connectivity index is 1.73. The van der Waals surface area contributed by atoms with Crippen molar-refractivity contribution in [2.45, 2.75) is 12.9 Å². The summed E-state index contributed by atoms with van der Waals surface area (Å²) in [4.78, 5) is 14.3. The summed E-state index contributed by atoms with van der Waals surface area (Å²) < 4.78 is 132. The molecule has 6 nitrogen and oxygen atoms in total. The Bertz CT molecular complexity index is 1620. The van der Waals surface area contributed by atoms with Crippen LogP contribution in [0.1, 0.15) is 28.3 Å². The Labute approximate surface area is 179 Å². The van der Waals surface area contributed by atoms with Crippen molar-refractivity contribution in [1.29, 1.82) is 0 Å². The van der Waals surface area contributed by atoms with Crippen molar-refractivity contribution in [3.05, 3.63) is 64.0 Å². The van der Waals surface area contributed by atoms with Crippen LogP contribution in [0, 0.1) is 0 Å². The molecule has 0 unspecified atom stereocenters. The van der Waals surface area contributed by atoms with Crippen molar-refractivity contribution >= 4 is 22.9 Å². The molecule has 3 heterocycles. The molecule has 2 aromatic heterocycles. The van der Waals surface area contributed by atoms with Gasteiger partial charge in [-0.3, -0.25) is 9.30 Å². The van der Waals surface area contributed by atoms with Gasteiger partial charge in [0.15, 0.2) is 5.65 Å². The smallest absolute Gasteiger partial charge is 0.350 e. The van der Waals surface area contributed by atoms with Crippen LogP contribution < -0.4 is 10.6 Å². The molecule has 0 bridgehead atoms. The zero-order valence-electron chi connectivity index (χ0n) is 29.1. The van der Waals surface area contributed by atoms with Crippen molar-refractivity contribution in [3.8, 4) is 0 Å². The first-order chi connectivity index (χ1) is 19.0. The van der Waals surface area contributed by atoms with E-state index < -0.39 is 116 Å². The van der Waals surface area contributed by atoms with Crippen LogP contribution in [0.15, 0.2) is 53.3 Å². The Morgan fingerprint density at radius 3 is 2.92 bits per heavy atom. The van der Waals surface area contributed by atoms with Gasteiger partial charge in [0.1, 0.15) is 0 Å². The largest absolute Gasteiger partial charge is 0.369 e. The minimum atomic E-state index is -3.34. The number of rotatable bonds is 5. The maximum absolute atomic E-state index is 13.0. The van der Waals surface area contributed by atoms with E-state index in [1.165, 1.54) is 0 Å². The van der Waals surface area contributed by atoms with Gasteiger partial charge in [-0.1, -0.05) is 23.7 Å². The molecular weight excluding hydrogens is 350 g/mol. The van der Waals surface area contributed by atoms with Gasteiger partial charge in [-0.05, 0) is 36.6 Å². The number of fused-ring (bicyclic) bond motifs is 1. The van der Waals surface area contributed by atoms with Gasteiger partial charge in [-0.15, -0.1) is 5.10 Å². The second-order valence-corrected chi connectivity index (χ2v) is 5.47. The summed E-state index contributed by atoms with van der Waals surface area (Å²) in [6.07, 6.45) is -3.97. The highest BCUT2D eigenvalue weighted by Gasteiger charge is 2.17.